The van der Waals surface area contributed by atoms with Crippen molar-refractivity contribution in [2.45, 2.75) is 0 Å². The van der Waals surface area contributed by atoms with E-state index < -0.39 is 11.7 Å². The minimum atomic E-state index is -0.456. The number of amides is 1. The van der Waals surface area contributed by atoms with Crippen molar-refractivity contribution in [3.63, 3.8) is 0 Å². The summed E-state index contributed by atoms with van der Waals surface area (Å²) in [7, 11) is 0. The van der Waals surface area contributed by atoms with Crippen molar-refractivity contribution < 1.29 is 9.18 Å². The molecule has 7 heteroatoms. The summed E-state index contributed by atoms with van der Waals surface area (Å²) in [6, 6.07) is 16.8. The van der Waals surface area contributed by atoms with E-state index in [1.165, 1.54) is 30.6 Å². The van der Waals surface area contributed by atoms with Gasteiger partial charge < -0.3 is 10.6 Å². The van der Waals surface area contributed by atoms with Crippen LogP contribution in [-0.2, 0) is 0 Å². The van der Waals surface area contributed by atoms with Gasteiger partial charge in [-0.15, -0.1) is 0 Å². The zero-order valence-electron chi connectivity index (χ0n) is 14.1. The zero-order chi connectivity index (χ0) is 18.6. The molecule has 1 amide bonds. The summed E-state index contributed by atoms with van der Waals surface area (Å²) < 4.78 is 13.3. The van der Waals surface area contributed by atoms with Gasteiger partial charge in [-0.2, -0.15) is 0 Å². The number of hydrogen-bond acceptors (Lipinski definition) is 5. The van der Waals surface area contributed by atoms with E-state index in [1.54, 1.807) is 12.3 Å². The molecule has 6 nitrogen and oxygen atoms in total. The summed E-state index contributed by atoms with van der Waals surface area (Å²) in [4.78, 5) is 24.9. The van der Waals surface area contributed by atoms with E-state index >= 15 is 0 Å². The third-order valence-corrected chi connectivity index (χ3v) is 3.88. The standard InChI is InChI=1S/C20H14FN5O/c21-14-6-2-7-15(10-14)25-20(27)17-11-18(24-12-23-17)26-16-8-1-4-13-5-3-9-22-19(13)16/h1-12H,(H,25,27)(H,23,24,26). The summed E-state index contributed by atoms with van der Waals surface area (Å²) in [6.45, 7) is 0. The third kappa shape index (κ3) is 3.72. The average Bonchev–Trinajstić information content (AvgIpc) is 2.68. The maximum atomic E-state index is 13.3. The van der Waals surface area contributed by atoms with Gasteiger partial charge in [-0.3, -0.25) is 9.78 Å². The second-order valence-corrected chi connectivity index (χ2v) is 5.76. The van der Waals surface area contributed by atoms with Gasteiger partial charge in [0, 0.05) is 23.3 Å². The minimum Gasteiger partial charge on any atom is -0.338 e. The largest absolute Gasteiger partial charge is 0.338 e. The van der Waals surface area contributed by atoms with E-state index in [4.69, 9.17) is 0 Å². The summed E-state index contributed by atoms with van der Waals surface area (Å²) in [5.41, 5.74) is 2.07. The van der Waals surface area contributed by atoms with Gasteiger partial charge in [-0.25, -0.2) is 14.4 Å². The van der Waals surface area contributed by atoms with E-state index in [0.29, 0.717) is 11.5 Å². The van der Waals surface area contributed by atoms with Crippen molar-refractivity contribution in [3.05, 3.63) is 84.7 Å². The van der Waals surface area contributed by atoms with Crippen LogP contribution in [0.3, 0.4) is 0 Å². The number of anilines is 3. The Kier molecular flexibility index (Phi) is 4.40. The molecule has 0 saturated heterocycles. The summed E-state index contributed by atoms with van der Waals surface area (Å²) in [6.07, 6.45) is 3.01. The molecule has 4 aromatic rings. The van der Waals surface area contributed by atoms with Crippen molar-refractivity contribution in [1.29, 1.82) is 0 Å². The number of nitrogens with zero attached hydrogens (tertiary/aromatic N) is 3. The molecule has 0 atom stereocenters. The van der Waals surface area contributed by atoms with Crippen molar-refractivity contribution in [1.82, 2.24) is 15.0 Å². The lowest BCUT2D eigenvalue weighted by Gasteiger charge is -2.09. The first-order valence-corrected chi connectivity index (χ1v) is 8.19. The Hall–Kier alpha value is -3.87. The fraction of sp³-hybridized carbons (Fsp3) is 0. The van der Waals surface area contributed by atoms with Gasteiger partial charge in [-0.05, 0) is 30.3 Å². The number of rotatable bonds is 4. The Balaban J connectivity index is 1.58. The number of pyridine rings is 1. The Labute approximate surface area is 154 Å². The molecule has 2 heterocycles. The lowest BCUT2D eigenvalue weighted by atomic mass is 10.2. The molecular weight excluding hydrogens is 345 g/mol. The molecule has 0 aliphatic carbocycles. The van der Waals surface area contributed by atoms with E-state index in [2.05, 4.69) is 25.6 Å². The van der Waals surface area contributed by atoms with Crippen LogP contribution in [0.15, 0.2) is 73.2 Å². The van der Waals surface area contributed by atoms with E-state index in [-0.39, 0.29) is 5.69 Å². The van der Waals surface area contributed by atoms with Crippen LogP contribution in [0.5, 0.6) is 0 Å². The molecule has 0 bridgehead atoms. The van der Waals surface area contributed by atoms with Crippen molar-refractivity contribution in [2.75, 3.05) is 10.6 Å². The van der Waals surface area contributed by atoms with Crippen LogP contribution in [0.2, 0.25) is 0 Å². The summed E-state index contributed by atoms with van der Waals surface area (Å²) in [5.74, 6) is -0.434. The number of benzene rings is 2. The van der Waals surface area contributed by atoms with Crippen molar-refractivity contribution in [2.24, 2.45) is 0 Å². The lowest BCUT2D eigenvalue weighted by Crippen LogP contribution is -2.14. The van der Waals surface area contributed by atoms with Crippen molar-refractivity contribution in [3.8, 4) is 0 Å². The van der Waals surface area contributed by atoms with E-state index in [9.17, 15) is 9.18 Å². The molecule has 0 fully saturated rings. The van der Waals surface area contributed by atoms with Crippen LogP contribution in [0.4, 0.5) is 21.6 Å². The molecule has 27 heavy (non-hydrogen) atoms. The van der Waals surface area contributed by atoms with Crippen LogP contribution < -0.4 is 10.6 Å². The summed E-state index contributed by atoms with van der Waals surface area (Å²) in [5, 5.41) is 6.76. The second kappa shape index (κ2) is 7.17. The predicted molar refractivity (Wildman–Crippen MR) is 101 cm³/mol. The normalized spacial score (nSPS) is 10.6. The molecule has 2 aromatic heterocycles. The smallest absolute Gasteiger partial charge is 0.274 e. The quantitative estimate of drug-likeness (QED) is 0.572. The molecule has 4 rings (SSSR count). The highest BCUT2D eigenvalue weighted by Crippen LogP contribution is 2.23. The molecule has 0 radical (unpaired) electrons. The zero-order valence-corrected chi connectivity index (χ0v) is 14.1. The van der Waals surface area contributed by atoms with Gasteiger partial charge in [0.05, 0.1) is 11.2 Å². The Bertz CT molecular complexity index is 1130. The highest BCUT2D eigenvalue weighted by molar-refractivity contribution is 6.03. The molecule has 0 spiro atoms. The number of nitrogens with one attached hydrogen (secondary N) is 2. The first-order valence-electron chi connectivity index (χ1n) is 8.19. The first kappa shape index (κ1) is 16.6. The average molecular weight is 359 g/mol. The van der Waals surface area contributed by atoms with Gasteiger partial charge in [-0.1, -0.05) is 24.3 Å². The Morgan fingerprint density at radius 2 is 1.78 bits per heavy atom. The van der Waals surface area contributed by atoms with E-state index in [0.717, 1.165) is 16.6 Å². The summed E-state index contributed by atoms with van der Waals surface area (Å²) >= 11 is 0. The monoisotopic (exact) mass is 359 g/mol. The second-order valence-electron chi connectivity index (χ2n) is 5.76. The lowest BCUT2D eigenvalue weighted by molar-refractivity contribution is 0.102. The molecule has 0 aliphatic rings. The molecule has 0 unspecified atom stereocenters. The number of carbonyl (C=O) groups excluding carboxylic acids is 1. The topological polar surface area (TPSA) is 79.8 Å². The van der Waals surface area contributed by atoms with Gasteiger partial charge in [0.15, 0.2) is 0 Å². The Morgan fingerprint density at radius 1 is 0.926 bits per heavy atom. The maximum absolute atomic E-state index is 13.3. The third-order valence-electron chi connectivity index (χ3n) is 3.88. The van der Waals surface area contributed by atoms with Crippen LogP contribution in [-0.4, -0.2) is 20.9 Å². The fourth-order valence-electron chi connectivity index (χ4n) is 2.65. The molecule has 0 aliphatic heterocycles. The van der Waals surface area contributed by atoms with Gasteiger partial charge >= 0.3 is 0 Å². The minimum absolute atomic E-state index is 0.157. The van der Waals surface area contributed by atoms with Crippen LogP contribution in [0.1, 0.15) is 10.5 Å². The molecular formula is C20H14FN5O. The molecule has 2 N–H and O–H groups in total. The number of fused-ring (bicyclic) bond motifs is 1. The van der Waals surface area contributed by atoms with Crippen LogP contribution in [0, 0.1) is 5.82 Å². The Morgan fingerprint density at radius 3 is 2.67 bits per heavy atom. The number of halogens is 1. The van der Waals surface area contributed by atoms with Crippen LogP contribution >= 0.6 is 0 Å². The van der Waals surface area contributed by atoms with Crippen molar-refractivity contribution >= 4 is 34.0 Å². The SMILES string of the molecule is O=C(Nc1cccc(F)c1)c1cc(Nc2cccc3cccnc23)ncn1. The van der Waals surface area contributed by atoms with Gasteiger partial charge in [0.2, 0.25) is 0 Å². The van der Waals surface area contributed by atoms with Crippen LogP contribution in [0.25, 0.3) is 10.9 Å². The highest BCUT2D eigenvalue weighted by Gasteiger charge is 2.11. The predicted octanol–water partition coefficient (Wildman–Crippen LogP) is 4.16. The number of para-hydroxylation sites is 1. The molecule has 2 aromatic carbocycles. The van der Waals surface area contributed by atoms with E-state index in [1.807, 2.05) is 30.3 Å². The number of hydrogen-bond donors (Lipinski definition) is 2. The van der Waals surface area contributed by atoms with Gasteiger partial charge in [0.1, 0.15) is 23.7 Å². The first-order chi connectivity index (χ1) is 13.2. The maximum Gasteiger partial charge on any atom is 0.274 e. The number of aromatic nitrogens is 3. The fourth-order valence-corrected chi connectivity index (χ4v) is 2.65. The van der Waals surface area contributed by atoms with Gasteiger partial charge in [0.25, 0.3) is 5.91 Å². The number of carbonyl (C=O) groups is 1. The highest BCUT2D eigenvalue weighted by atomic mass is 19.1. The molecule has 0 saturated carbocycles. The molecule has 132 valence electrons.